The number of hydrogen-bond donors (Lipinski definition) is 0. The molecule has 6 nitrogen and oxygen atoms in total. The predicted molar refractivity (Wildman–Crippen MR) is 90.2 cm³/mol. The minimum atomic E-state index is -0.0736. The van der Waals surface area contributed by atoms with Crippen LogP contribution in [0.2, 0.25) is 0 Å². The number of methoxy groups -OCH3 is 1. The van der Waals surface area contributed by atoms with E-state index in [-0.39, 0.29) is 5.91 Å². The number of ether oxygens (including phenoxy) is 1. The third-order valence-corrected chi connectivity index (χ3v) is 3.69. The highest BCUT2D eigenvalue weighted by Gasteiger charge is 2.13. The van der Waals surface area contributed by atoms with Crippen LogP contribution in [-0.2, 0) is 6.54 Å². The Labute approximate surface area is 140 Å². The Bertz CT molecular complexity index is 796. The van der Waals surface area contributed by atoms with E-state index in [0.717, 1.165) is 17.1 Å². The summed E-state index contributed by atoms with van der Waals surface area (Å²) in [4.78, 5) is 22.5. The lowest BCUT2D eigenvalue weighted by Crippen LogP contribution is -2.26. The number of aromatic nitrogens is 3. The molecular weight excluding hydrogens is 304 g/mol. The normalized spacial score (nSPS) is 10.4. The molecule has 6 heteroatoms. The Morgan fingerprint density at radius 2 is 2.00 bits per heavy atom. The van der Waals surface area contributed by atoms with Crippen molar-refractivity contribution in [2.24, 2.45) is 0 Å². The van der Waals surface area contributed by atoms with E-state index in [1.807, 2.05) is 24.3 Å². The Morgan fingerprint density at radius 1 is 1.21 bits per heavy atom. The molecule has 2 heterocycles. The van der Waals surface area contributed by atoms with Crippen LogP contribution in [0.4, 0.5) is 0 Å². The number of hydrogen-bond acceptors (Lipinski definition) is 4. The highest BCUT2D eigenvalue weighted by molar-refractivity contribution is 5.93. The minimum Gasteiger partial charge on any atom is -0.497 e. The van der Waals surface area contributed by atoms with Crippen molar-refractivity contribution in [1.29, 1.82) is 0 Å². The van der Waals surface area contributed by atoms with E-state index < -0.39 is 0 Å². The SMILES string of the molecule is COc1ccc(CN(C)C(=O)c2ccc(-n3ccnc3)nc2)cc1. The van der Waals surface area contributed by atoms with Gasteiger partial charge < -0.3 is 9.64 Å². The van der Waals surface area contributed by atoms with Crippen molar-refractivity contribution in [1.82, 2.24) is 19.4 Å². The zero-order chi connectivity index (χ0) is 16.9. The second-order valence-corrected chi connectivity index (χ2v) is 5.38. The fourth-order valence-corrected chi connectivity index (χ4v) is 2.36. The number of nitrogens with zero attached hydrogens (tertiary/aromatic N) is 4. The van der Waals surface area contributed by atoms with Crippen molar-refractivity contribution >= 4 is 5.91 Å². The van der Waals surface area contributed by atoms with Crippen molar-refractivity contribution in [2.75, 3.05) is 14.2 Å². The number of rotatable bonds is 5. The molecule has 0 radical (unpaired) electrons. The van der Waals surface area contributed by atoms with Crippen molar-refractivity contribution < 1.29 is 9.53 Å². The number of amides is 1. The molecule has 24 heavy (non-hydrogen) atoms. The summed E-state index contributed by atoms with van der Waals surface area (Å²) in [5, 5.41) is 0. The summed E-state index contributed by atoms with van der Waals surface area (Å²) in [7, 11) is 3.40. The number of imidazole rings is 1. The molecule has 0 saturated heterocycles. The zero-order valence-electron chi connectivity index (χ0n) is 13.6. The van der Waals surface area contributed by atoms with E-state index in [2.05, 4.69) is 9.97 Å². The Kier molecular flexibility index (Phi) is 4.56. The van der Waals surface area contributed by atoms with Gasteiger partial charge in [-0.3, -0.25) is 9.36 Å². The summed E-state index contributed by atoms with van der Waals surface area (Å²) >= 11 is 0. The second kappa shape index (κ2) is 6.95. The molecule has 0 unspecified atom stereocenters. The van der Waals surface area contributed by atoms with Crippen LogP contribution in [0.25, 0.3) is 5.82 Å². The highest BCUT2D eigenvalue weighted by atomic mass is 16.5. The van der Waals surface area contributed by atoms with Crippen LogP contribution in [0, 0.1) is 0 Å². The van der Waals surface area contributed by atoms with Crippen molar-refractivity contribution in [3.63, 3.8) is 0 Å². The molecule has 1 amide bonds. The molecule has 0 saturated carbocycles. The summed E-state index contributed by atoms with van der Waals surface area (Å²) in [5.74, 6) is 1.45. The minimum absolute atomic E-state index is 0.0736. The third-order valence-electron chi connectivity index (χ3n) is 3.69. The number of carbonyl (C=O) groups is 1. The topological polar surface area (TPSA) is 60.2 Å². The molecule has 0 atom stereocenters. The Morgan fingerprint density at radius 3 is 2.58 bits per heavy atom. The standard InChI is InChI=1S/C18H18N4O2/c1-21(12-14-3-6-16(24-2)7-4-14)18(23)15-5-8-17(20-11-15)22-10-9-19-13-22/h3-11,13H,12H2,1-2H3. The molecular formula is C18H18N4O2. The second-order valence-electron chi connectivity index (χ2n) is 5.38. The summed E-state index contributed by atoms with van der Waals surface area (Å²) in [5.41, 5.74) is 1.59. The first-order valence-corrected chi connectivity index (χ1v) is 7.50. The van der Waals surface area contributed by atoms with Gasteiger partial charge in [0.15, 0.2) is 0 Å². The van der Waals surface area contributed by atoms with Crippen LogP contribution >= 0.6 is 0 Å². The molecule has 0 aliphatic heterocycles. The maximum Gasteiger partial charge on any atom is 0.255 e. The van der Waals surface area contributed by atoms with E-state index in [1.165, 1.54) is 0 Å². The van der Waals surface area contributed by atoms with Gasteiger partial charge in [-0.2, -0.15) is 0 Å². The molecule has 0 fully saturated rings. The first-order valence-electron chi connectivity index (χ1n) is 7.50. The molecule has 0 aliphatic carbocycles. The Hall–Kier alpha value is -3.15. The molecule has 0 bridgehead atoms. The van der Waals surface area contributed by atoms with Gasteiger partial charge in [0.2, 0.25) is 0 Å². The van der Waals surface area contributed by atoms with E-state index >= 15 is 0 Å². The first-order chi connectivity index (χ1) is 11.7. The maximum atomic E-state index is 12.5. The monoisotopic (exact) mass is 322 g/mol. The highest BCUT2D eigenvalue weighted by Crippen LogP contribution is 2.14. The van der Waals surface area contributed by atoms with Gasteiger partial charge in [-0.05, 0) is 29.8 Å². The molecule has 0 aliphatic rings. The van der Waals surface area contributed by atoms with Crippen molar-refractivity contribution in [3.8, 4) is 11.6 Å². The van der Waals surface area contributed by atoms with E-state index in [1.54, 1.807) is 60.7 Å². The molecule has 1 aromatic carbocycles. The fourth-order valence-electron chi connectivity index (χ4n) is 2.36. The van der Waals surface area contributed by atoms with Gasteiger partial charge in [-0.1, -0.05) is 12.1 Å². The van der Waals surface area contributed by atoms with Crippen LogP contribution in [-0.4, -0.2) is 39.5 Å². The summed E-state index contributed by atoms with van der Waals surface area (Å²) < 4.78 is 6.92. The van der Waals surface area contributed by atoms with Gasteiger partial charge in [0.25, 0.3) is 5.91 Å². The molecule has 0 N–H and O–H groups in total. The summed E-state index contributed by atoms with van der Waals surface area (Å²) in [6.07, 6.45) is 6.74. The molecule has 3 rings (SSSR count). The van der Waals surface area contributed by atoms with Crippen LogP contribution in [0.15, 0.2) is 61.3 Å². The van der Waals surface area contributed by atoms with Gasteiger partial charge in [0.1, 0.15) is 17.9 Å². The van der Waals surface area contributed by atoms with Crippen LogP contribution in [0.5, 0.6) is 5.75 Å². The fraction of sp³-hybridized carbons (Fsp3) is 0.167. The van der Waals surface area contributed by atoms with Crippen LogP contribution < -0.4 is 4.74 Å². The lowest BCUT2D eigenvalue weighted by atomic mass is 10.2. The van der Waals surface area contributed by atoms with Crippen LogP contribution in [0.3, 0.4) is 0 Å². The number of benzene rings is 1. The van der Waals surface area contributed by atoms with Gasteiger partial charge in [0, 0.05) is 32.2 Å². The molecule has 3 aromatic rings. The largest absolute Gasteiger partial charge is 0.497 e. The number of pyridine rings is 1. The van der Waals surface area contributed by atoms with Gasteiger partial charge in [-0.15, -0.1) is 0 Å². The first kappa shape index (κ1) is 15.7. The van der Waals surface area contributed by atoms with Crippen molar-refractivity contribution in [2.45, 2.75) is 6.54 Å². The van der Waals surface area contributed by atoms with E-state index in [0.29, 0.717) is 12.1 Å². The Balaban J connectivity index is 1.68. The van der Waals surface area contributed by atoms with Gasteiger partial charge in [0.05, 0.1) is 12.7 Å². The van der Waals surface area contributed by atoms with Crippen molar-refractivity contribution in [3.05, 3.63) is 72.4 Å². The lowest BCUT2D eigenvalue weighted by molar-refractivity contribution is 0.0784. The molecule has 0 spiro atoms. The van der Waals surface area contributed by atoms with E-state index in [4.69, 9.17) is 4.74 Å². The predicted octanol–water partition coefficient (Wildman–Crippen LogP) is 2.55. The lowest BCUT2D eigenvalue weighted by Gasteiger charge is -2.17. The molecule has 122 valence electrons. The average Bonchev–Trinajstić information content (AvgIpc) is 3.16. The summed E-state index contributed by atoms with van der Waals surface area (Å²) in [6.45, 7) is 0.520. The van der Waals surface area contributed by atoms with E-state index in [9.17, 15) is 4.79 Å². The third kappa shape index (κ3) is 3.43. The van der Waals surface area contributed by atoms with Gasteiger partial charge in [-0.25, -0.2) is 9.97 Å². The smallest absolute Gasteiger partial charge is 0.255 e. The van der Waals surface area contributed by atoms with Gasteiger partial charge >= 0.3 is 0 Å². The quantitative estimate of drug-likeness (QED) is 0.724. The zero-order valence-corrected chi connectivity index (χ0v) is 13.6. The average molecular weight is 322 g/mol. The van der Waals surface area contributed by atoms with Crippen LogP contribution in [0.1, 0.15) is 15.9 Å². The molecule has 2 aromatic heterocycles. The number of carbonyl (C=O) groups excluding carboxylic acids is 1. The summed E-state index contributed by atoms with van der Waals surface area (Å²) in [6, 6.07) is 11.2. The maximum absolute atomic E-state index is 12.5.